The lowest BCUT2D eigenvalue weighted by Gasteiger charge is -2.08. The van der Waals surface area contributed by atoms with Crippen molar-refractivity contribution in [1.82, 2.24) is 25.2 Å². The Bertz CT molecular complexity index is 1560. The third kappa shape index (κ3) is 7.82. The van der Waals surface area contributed by atoms with Gasteiger partial charge in [0.2, 0.25) is 0 Å². The summed E-state index contributed by atoms with van der Waals surface area (Å²) in [7, 11) is 0. The van der Waals surface area contributed by atoms with Crippen LogP contribution in [-0.2, 0) is 24.2 Å². The van der Waals surface area contributed by atoms with Crippen LogP contribution in [0.2, 0.25) is 0 Å². The largest absolute Gasteiger partial charge is 0.494 e. The Morgan fingerprint density at radius 3 is 2.32 bits per heavy atom. The van der Waals surface area contributed by atoms with E-state index in [0.29, 0.717) is 25.5 Å². The molecule has 0 saturated heterocycles. The number of ether oxygens (including phenoxy) is 2. The quantitative estimate of drug-likeness (QED) is 0.124. The van der Waals surface area contributed by atoms with E-state index in [-0.39, 0.29) is 6.54 Å². The SMILES string of the molecule is O=C(O)Cn1cc(CCCc2nn[nH]n2)c2cccc(/C=C/c3ccc(OCCCCOc4ccccc4)cc3)c21. The smallest absolute Gasteiger partial charge is 0.323 e. The van der Waals surface area contributed by atoms with E-state index in [9.17, 15) is 9.90 Å². The van der Waals surface area contributed by atoms with Crippen LogP contribution in [0.5, 0.6) is 11.5 Å². The Morgan fingerprint density at radius 2 is 1.61 bits per heavy atom. The highest BCUT2D eigenvalue weighted by molar-refractivity contribution is 5.94. The average Bonchev–Trinajstić information content (AvgIpc) is 3.63. The first-order chi connectivity index (χ1) is 20.2. The number of aliphatic carboxylic acids is 1. The minimum atomic E-state index is -0.877. The fourth-order valence-corrected chi connectivity index (χ4v) is 4.75. The van der Waals surface area contributed by atoms with E-state index in [1.54, 1.807) is 0 Å². The molecule has 5 rings (SSSR count). The Kier molecular flexibility index (Phi) is 9.39. The number of unbranched alkanes of at least 4 members (excludes halogenated alkanes) is 1. The summed E-state index contributed by atoms with van der Waals surface area (Å²) in [6.07, 6.45) is 10.2. The van der Waals surface area contributed by atoms with Crippen molar-refractivity contribution in [3.63, 3.8) is 0 Å². The normalized spacial score (nSPS) is 11.3. The van der Waals surface area contributed by atoms with E-state index in [2.05, 4.69) is 26.7 Å². The molecule has 0 aliphatic heterocycles. The number of rotatable bonds is 15. The third-order valence-corrected chi connectivity index (χ3v) is 6.71. The molecule has 5 aromatic rings. The van der Waals surface area contributed by atoms with Crippen LogP contribution < -0.4 is 9.47 Å². The molecule has 9 heteroatoms. The lowest BCUT2D eigenvalue weighted by Crippen LogP contribution is -2.07. The number of hydrogen-bond donors (Lipinski definition) is 2. The van der Waals surface area contributed by atoms with E-state index >= 15 is 0 Å². The molecule has 0 fully saturated rings. The summed E-state index contributed by atoms with van der Waals surface area (Å²) in [6, 6.07) is 23.9. The second-order valence-electron chi connectivity index (χ2n) is 9.72. The van der Waals surface area contributed by atoms with Crippen molar-refractivity contribution in [2.75, 3.05) is 13.2 Å². The molecule has 2 N–H and O–H groups in total. The van der Waals surface area contributed by atoms with Gasteiger partial charge in [0.25, 0.3) is 0 Å². The van der Waals surface area contributed by atoms with Gasteiger partial charge in [-0.25, -0.2) is 0 Å². The van der Waals surface area contributed by atoms with E-state index in [1.165, 1.54) is 0 Å². The predicted molar refractivity (Wildman–Crippen MR) is 158 cm³/mol. The number of nitrogens with zero attached hydrogens (tertiary/aromatic N) is 4. The second-order valence-corrected chi connectivity index (χ2v) is 9.72. The first kappa shape index (κ1) is 27.6. The van der Waals surface area contributed by atoms with Gasteiger partial charge in [-0.2, -0.15) is 5.21 Å². The van der Waals surface area contributed by atoms with Gasteiger partial charge in [0.05, 0.1) is 18.7 Å². The number of nitrogens with one attached hydrogen (secondary N) is 1. The van der Waals surface area contributed by atoms with Crippen LogP contribution >= 0.6 is 0 Å². The number of carbonyl (C=O) groups is 1. The minimum Gasteiger partial charge on any atom is -0.494 e. The number of fused-ring (bicyclic) bond motifs is 1. The maximum Gasteiger partial charge on any atom is 0.323 e. The van der Waals surface area contributed by atoms with Gasteiger partial charge in [-0.3, -0.25) is 4.79 Å². The summed E-state index contributed by atoms with van der Waals surface area (Å²) in [5.74, 6) is 1.51. The highest BCUT2D eigenvalue weighted by Gasteiger charge is 2.13. The molecule has 210 valence electrons. The van der Waals surface area contributed by atoms with Crippen molar-refractivity contribution < 1.29 is 19.4 Å². The lowest BCUT2D eigenvalue weighted by molar-refractivity contribution is -0.137. The number of aryl methyl sites for hydroxylation is 2. The predicted octanol–water partition coefficient (Wildman–Crippen LogP) is 5.82. The van der Waals surface area contributed by atoms with Crippen molar-refractivity contribution in [3.8, 4) is 11.5 Å². The number of aromatic nitrogens is 5. The monoisotopic (exact) mass is 551 g/mol. The van der Waals surface area contributed by atoms with Gasteiger partial charge < -0.3 is 19.1 Å². The van der Waals surface area contributed by atoms with Crippen LogP contribution in [0.4, 0.5) is 0 Å². The number of para-hydroxylation sites is 2. The van der Waals surface area contributed by atoms with Gasteiger partial charge in [0, 0.05) is 18.0 Å². The third-order valence-electron chi connectivity index (χ3n) is 6.71. The van der Waals surface area contributed by atoms with Gasteiger partial charge in [0.15, 0.2) is 5.82 Å². The molecule has 2 aromatic heterocycles. The highest BCUT2D eigenvalue weighted by Crippen LogP contribution is 2.28. The zero-order valence-corrected chi connectivity index (χ0v) is 22.8. The van der Waals surface area contributed by atoms with Crippen LogP contribution in [0.1, 0.15) is 41.8 Å². The summed E-state index contributed by atoms with van der Waals surface area (Å²) in [4.78, 5) is 11.6. The number of aromatic amines is 1. The van der Waals surface area contributed by atoms with Crippen LogP contribution in [-0.4, -0.2) is 49.5 Å². The molecule has 0 spiro atoms. The lowest BCUT2D eigenvalue weighted by atomic mass is 10.0. The molecule has 0 radical (unpaired) electrons. The molecule has 2 heterocycles. The standard InChI is InChI=1S/C32H33N5O4/c38-31(39)23-37-22-26(9-7-13-30-33-35-36-34-30)29-12-6-8-25(32(29)37)17-14-24-15-18-28(19-16-24)41-21-5-4-20-40-27-10-2-1-3-11-27/h1-3,6,8,10-12,14-19,22H,4-5,7,9,13,20-21,23H2,(H,38,39)(H,33,34,35,36)/b17-14+. The molecule has 0 bridgehead atoms. The topological polar surface area (TPSA) is 115 Å². The zero-order valence-electron chi connectivity index (χ0n) is 22.8. The van der Waals surface area contributed by atoms with Crippen molar-refractivity contribution >= 4 is 29.0 Å². The first-order valence-corrected chi connectivity index (χ1v) is 13.8. The maximum atomic E-state index is 11.6. The van der Waals surface area contributed by atoms with Crippen LogP contribution in [0.25, 0.3) is 23.1 Å². The second kappa shape index (κ2) is 13.9. The van der Waals surface area contributed by atoms with Gasteiger partial charge in [0.1, 0.15) is 18.0 Å². The molecule has 0 aliphatic carbocycles. The maximum absolute atomic E-state index is 11.6. The fraction of sp³-hybridized carbons (Fsp3) is 0.250. The summed E-state index contributed by atoms with van der Waals surface area (Å²) >= 11 is 0. The Labute approximate surface area is 238 Å². The Morgan fingerprint density at radius 1 is 0.854 bits per heavy atom. The molecule has 0 aliphatic rings. The molecular formula is C32H33N5O4. The summed E-state index contributed by atoms with van der Waals surface area (Å²) in [5, 5.41) is 24.7. The molecule has 0 atom stereocenters. The molecule has 0 unspecified atom stereocenters. The molecule has 9 nitrogen and oxygen atoms in total. The average molecular weight is 552 g/mol. The van der Waals surface area contributed by atoms with E-state index in [4.69, 9.17) is 9.47 Å². The highest BCUT2D eigenvalue weighted by atomic mass is 16.5. The van der Waals surface area contributed by atoms with Crippen molar-refractivity contribution in [3.05, 3.63) is 102 Å². The first-order valence-electron chi connectivity index (χ1n) is 13.8. The van der Waals surface area contributed by atoms with E-state index < -0.39 is 5.97 Å². The summed E-state index contributed by atoms with van der Waals surface area (Å²) < 4.78 is 13.4. The van der Waals surface area contributed by atoms with Gasteiger partial charge in [-0.05, 0) is 66.6 Å². The van der Waals surface area contributed by atoms with Crippen molar-refractivity contribution in [2.45, 2.75) is 38.6 Å². The fourth-order valence-electron chi connectivity index (χ4n) is 4.75. The summed E-state index contributed by atoms with van der Waals surface area (Å²) in [5.41, 5.74) is 4.01. The van der Waals surface area contributed by atoms with E-state index in [1.807, 2.05) is 89.6 Å². The molecule has 41 heavy (non-hydrogen) atoms. The zero-order chi connectivity index (χ0) is 28.3. The number of hydrogen-bond acceptors (Lipinski definition) is 6. The Balaban J connectivity index is 1.18. The van der Waals surface area contributed by atoms with Gasteiger partial charge in [-0.15, -0.1) is 10.2 Å². The number of carboxylic acids is 1. The number of benzene rings is 3. The van der Waals surface area contributed by atoms with Crippen molar-refractivity contribution in [1.29, 1.82) is 0 Å². The minimum absolute atomic E-state index is 0.101. The van der Waals surface area contributed by atoms with Crippen molar-refractivity contribution in [2.24, 2.45) is 0 Å². The number of H-pyrrole nitrogens is 1. The van der Waals surface area contributed by atoms with Crippen LogP contribution in [0.15, 0.2) is 79.0 Å². The molecule has 3 aromatic carbocycles. The Hall–Kier alpha value is -4.92. The molecule has 0 amide bonds. The molecular weight excluding hydrogens is 518 g/mol. The molecule has 0 saturated carbocycles. The van der Waals surface area contributed by atoms with E-state index in [0.717, 1.165) is 64.8 Å². The van der Waals surface area contributed by atoms with Crippen LogP contribution in [0.3, 0.4) is 0 Å². The number of tetrazole rings is 1. The number of carboxylic acid groups (broad SMARTS) is 1. The van der Waals surface area contributed by atoms with Gasteiger partial charge >= 0.3 is 5.97 Å². The van der Waals surface area contributed by atoms with Gasteiger partial charge in [-0.1, -0.05) is 65.9 Å². The summed E-state index contributed by atoms with van der Waals surface area (Å²) in [6.45, 7) is 1.20. The van der Waals surface area contributed by atoms with Crippen LogP contribution in [0, 0.1) is 0 Å².